The zero-order chi connectivity index (χ0) is 11.4. The van der Waals surface area contributed by atoms with Crippen LogP contribution in [0.1, 0.15) is 16.9 Å². The Morgan fingerprint density at radius 1 is 1.62 bits per heavy atom. The van der Waals surface area contributed by atoms with Crippen LogP contribution in [-0.2, 0) is 4.74 Å². The molecule has 0 saturated carbocycles. The van der Waals surface area contributed by atoms with Crippen LogP contribution in [0.5, 0.6) is 0 Å². The van der Waals surface area contributed by atoms with E-state index in [-0.39, 0.29) is 12.5 Å². The molecule has 5 nitrogen and oxygen atoms in total. The molecule has 1 atom stereocenters. The number of rotatable bonds is 3. The van der Waals surface area contributed by atoms with Gasteiger partial charge in [-0.3, -0.25) is 9.78 Å². The lowest BCUT2D eigenvalue weighted by molar-refractivity contribution is 0.0785. The number of aliphatic hydroxyl groups is 1. The molecule has 2 heterocycles. The summed E-state index contributed by atoms with van der Waals surface area (Å²) in [5.74, 6) is -0.278. The molecule has 1 unspecified atom stereocenters. The van der Waals surface area contributed by atoms with Gasteiger partial charge in [0, 0.05) is 12.8 Å². The van der Waals surface area contributed by atoms with E-state index < -0.39 is 5.54 Å². The van der Waals surface area contributed by atoms with Crippen LogP contribution in [-0.4, -0.2) is 41.4 Å². The van der Waals surface area contributed by atoms with Crippen molar-refractivity contribution in [3.05, 3.63) is 30.1 Å². The Labute approximate surface area is 93.5 Å². The first-order chi connectivity index (χ1) is 7.76. The Morgan fingerprint density at radius 3 is 3.06 bits per heavy atom. The molecule has 0 spiro atoms. The quantitative estimate of drug-likeness (QED) is 0.753. The van der Waals surface area contributed by atoms with Crippen molar-refractivity contribution in [3.8, 4) is 0 Å². The number of pyridine rings is 1. The molecule has 86 valence electrons. The number of hydrogen-bond acceptors (Lipinski definition) is 4. The molecule has 2 rings (SSSR count). The summed E-state index contributed by atoms with van der Waals surface area (Å²) < 4.78 is 5.19. The van der Waals surface area contributed by atoms with Gasteiger partial charge in [0.15, 0.2) is 0 Å². The van der Waals surface area contributed by atoms with Gasteiger partial charge in [0.05, 0.1) is 18.8 Å². The Morgan fingerprint density at radius 2 is 2.50 bits per heavy atom. The van der Waals surface area contributed by atoms with Crippen molar-refractivity contribution in [2.24, 2.45) is 0 Å². The molecular formula is C11H14N2O3. The topological polar surface area (TPSA) is 71.5 Å². The van der Waals surface area contributed by atoms with Crippen molar-refractivity contribution in [3.63, 3.8) is 0 Å². The van der Waals surface area contributed by atoms with E-state index >= 15 is 0 Å². The number of carbonyl (C=O) groups is 1. The van der Waals surface area contributed by atoms with E-state index in [1.54, 1.807) is 24.4 Å². The average Bonchev–Trinajstić information content (AvgIpc) is 2.79. The van der Waals surface area contributed by atoms with Crippen molar-refractivity contribution in [2.45, 2.75) is 12.0 Å². The van der Waals surface area contributed by atoms with Gasteiger partial charge in [-0.05, 0) is 18.6 Å². The van der Waals surface area contributed by atoms with Crippen LogP contribution in [0, 0.1) is 0 Å². The van der Waals surface area contributed by atoms with E-state index in [2.05, 4.69) is 10.3 Å². The molecule has 1 aliphatic heterocycles. The number of aliphatic hydroxyl groups excluding tert-OH is 1. The molecule has 0 radical (unpaired) electrons. The largest absolute Gasteiger partial charge is 0.394 e. The van der Waals surface area contributed by atoms with Gasteiger partial charge >= 0.3 is 0 Å². The van der Waals surface area contributed by atoms with Crippen LogP contribution in [0.25, 0.3) is 0 Å². The second kappa shape index (κ2) is 4.59. The lowest BCUT2D eigenvalue weighted by atomic mass is 10.00. The van der Waals surface area contributed by atoms with Crippen LogP contribution >= 0.6 is 0 Å². The lowest BCUT2D eigenvalue weighted by Gasteiger charge is -2.25. The molecule has 0 aromatic carbocycles. The highest BCUT2D eigenvalue weighted by Crippen LogP contribution is 2.18. The zero-order valence-electron chi connectivity index (χ0n) is 8.85. The van der Waals surface area contributed by atoms with Crippen molar-refractivity contribution in [1.82, 2.24) is 10.3 Å². The summed E-state index contributed by atoms with van der Waals surface area (Å²) in [4.78, 5) is 15.8. The van der Waals surface area contributed by atoms with Crippen molar-refractivity contribution in [2.75, 3.05) is 19.8 Å². The fourth-order valence-corrected chi connectivity index (χ4v) is 1.67. The fraction of sp³-hybridized carbons (Fsp3) is 0.455. The van der Waals surface area contributed by atoms with Crippen LogP contribution in [0.4, 0.5) is 0 Å². The van der Waals surface area contributed by atoms with Crippen LogP contribution in [0.2, 0.25) is 0 Å². The van der Waals surface area contributed by atoms with Crippen molar-refractivity contribution >= 4 is 5.91 Å². The first-order valence-corrected chi connectivity index (χ1v) is 5.18. The molecule has 1 aliphatic rings. The molecule has 1 aromatic rings. The van der Waals surface area contributed by atoms with E-state index in [1.165, 1.54) is 0 Å². The minimum Gasteiger partial charge on any atom is -0.394 e. The van der Waals surface area contributed by atoms with Gasteiger partial charge < -0.3 is 15.2 Å². The van der Waals surface area contributed by atoms with Crippen molar-refractivity contribution in [1.29, 1.82) is 0 Å². The molecule has 1 aromatic heterocycles. The third kappa shape index (κ3) is 2.20. The summed E-state index contributed by atoms with van der Waals surface area (Å²) in [5.41, 5.74) is -0.295. The number of amides is 1. The third-order valence-corrected chi connectivity index (χ3v) is 2.68. The minimum atomic E-state index is -0.644. The molecule has 5 heteroatoms. The summed E-state index contributed by atoms with van der Waals surface area (Å²) >= 11 is 0. The molecule has 16 heavy (non-hydrogen) atoms. The molecule has 1 amide bonds. The molecule has 0 aliphatic carbocycles. The molecule has 1 saturated heterocycles. The second-order valence-corrected chi connectivity index (χ2v) is 3.91. The summed E-state index contributed by atoms with van der Waals surface area (Å²) in [6.07, 6.45) is 2.19. The highest BCUT2D eigenvalue weighted by molar-refractivity contribution is 5.92. The van der Waals surface area contributed by atoms with Gasteiger partial charge in [0.1, 0.15) is 5.69 Å². The number of aromatic nitrogens is 1. The van der Waals surface area contributed by atoms with Crippen LogP contribution in [0.3, 0.4) is 0 Å². The number of carbonyl (C=O) groups excluding carboxylic acids is 1. The highest BCUT2D eigenvalue weighted by atomic mass is 16.5. The van der Waals surface area contributed by atoms with Crippen molar-refractivity contribution < 1.29 is 14.6 Å². The number of nitrogens with one attached hydrogen (secondary N) is 1. The second-order valence-electron chi connectivity index (χ2n) is 3.91. The maximum absolute atomic E-state index is 11.8. The summed E-state index contributed by atoms with van der Waals surface area (Å²) in [6.45, 7) is 0.788. The predicted molar refractivity (Wildman–Crippen MR) is 57.0 cm³/mol. The SMILES string of the molecule is O=C(NC1(CO)CCOC1)c1ccccn1. The van der Waals surface area contributed by atoms with E-state index in [9.17, 15) is 9.90 Å². The molecule has 2 N–H and O–H groups in total. The average molecular weight is 222 g/mol. The summed E-state index contributed by atoms with van der Waals surface area (Å²) in [7, 11) is 0. The first kappa shape index (κ1) is 11.0. The van der Waals surface area contributed by atoms with Gasteiger partial charge in [-0.1, -0.05) is 6.07 Å². The summed E-state index contributed by atoms with van der Waals surface area (Å²) in [6, 6.07) is 5.13. The van der Waals surface area contributed by atoms with Crippen LogP contribution < -0.4 is 5.32 Å². The molecule has 1 fully saturated rings. The zero-order valence-corrected chi connectivity index (χ0v) is 8.85. The highest BCUT2D eigenvalue weighted by Gasteiger charge is 2.36. The van der Waals surface area contributed by atoms with Gasteiger partial charge in [-0.15, -0.1) is 0 Å². The normalized spacial score (nSPS) is 24.3. The maximum atomic E-state index is 11.8. The molecule has 0 bridgehead atoms. The number of ether oxygens (including phenoxy) is 1. The maximum Gasteiger partial charge on any atom is 0.270 e. The van der Waals surface area contributed by atoms with E-state index in [1.807, 2.05) is 0 Å². The smallest absolute Gasteiger partial charge is 0.270 e. The van der Waals surface area contributed by atoms with Gasteiger partial charge in [0.2, 0.25) is 0 Å². The summed E-state index contributed by atoms with van der Waals surface area (Å²) in [5, 5.41) is 12.1. The Kier molecular flexibility index (Phi) is 3.17. The third-order valence-electron chi connectivity index (χ3n) is 2.68. The van der Waals surface area contributed by atoms with Crippen LogP contribution in [0.15, 0.2) is 24.4 Å². The van der Waals surface area contributed by atoms with E-state index in [0.717, 1.165) is 0 Å². The van der Waals surface area contributed by atoms with Gasteiger partial charge in [0.25, 0.3) is 5.91 Å². The van der Waals surface area contributed by atoms with Gasteiger partial charge in [-0.25, -0.2) is 0 Å². The molecular weight excluding hydrogens is 208 g/mol. The standard InChI is InChI=1S/C11H14N2O3/c14-7-11(4-6-16-8-11)13-10(15)9-3-1-2-5-12-9/h1-3,5,14H,4,6-8H2,(H,13,15). The first-order valence-electron chi connectivity index (χ1n) is 5.18. The fourth-order valence-electron chi connectivity index (χ4n) is 1.67. The number of nitrogens with zero attached hydrogens (tertiary/aromatic N) is 1. The van der Waals surface area contributed by atoms with E-state index in [4.69, 9.17) is 4.74 Å². The minimum absolute atomic E-state index is 0.119. The van der Waals surface area contributed by atoms with E-state index in [0.29, 0.717) is 25.3 Å². The lowest BCUT2D eigenvalue weighted by Crippen LogP contribution is -2.52. The number of hydrogen-bond donors (Lipinski definition) is 2. The van der Waals surface area contributed by atoms with Gasteiger partial charge in [-0.2, -0.15) is 0 Å². The predicted octanol–water partition coefficient (Wildman–Crippen LogP) is -0.0372. The monoisotopic (exact) mass is 222 g/mol. The Bertz CT molecular complexity index is 361. The Balaban J connectivity index is 2.07. The Hall–Kier alpha value is -1.46.